The summed E-state index contributed by atoms with van der Waals surface area (Å²) in [6.45, 7) is 0. The third-order valence-electron chi connectivity index (χ3n) is 1.61. The summed E-state index contributed by atoms with van der Waals surface area (Å²) in [4.78, 5) is 23.4. The Bertz CT molecular complexity index is 504. The van der Waals surface area contributed by atoms with E-state index in [0.29, 0.717) is 6.07 Å². The van der Waals surface area contributed by atoms with Gasteiger partial charge < -0.3 is 4.98 Å². The Morgan fingerprint density at radius 1 is 1.60 bits per heavy atom. The predicted molar refractivity (Wildman–Crippen MR) is 46.9 cm³/mol. The molecule has 15 heavy (non-hydrogen) atoms. The predicted octanol–water partition coefficient (Wildman–Crippen LogP) is 1.56. The lowest BCUT2D eigenvalue weighted by Crippen LogP contribution is -2.14. The van der Waals surface area contributed by atoms with Crippen LogP contribution >= 0.6 is 11.6 Å². The highest BCUT2D eigenvalue weighted by Crippen LogP contribution is 2.22. The van der Waals surface area contributed by atoms with Crippen LogP contribution in [0.3, 0.4) is 0 Å². The molecule has 1 rings (SSSR count). The number of alkyl halides is 2. The molecule has 0 saturated carbocycles. The number of halogens is 3. The number of nitrogens with zero attached hydrogens (tertiary/aromatic N) is 1. The van der Waals surface area contributed by atoms with Gasteiger partial charge in [-0.25, -0.2) is 8.78 Å². The summed E-state index contributed by atoms with van der Waals surface area (Å²) in [7, 11) is 0. The highest BCUT2D eigenvalue weighted by molar-refractivity contribution is 6.68. The van der Waals surface area contributed by atoms with Crippen molar-refractivity contribution in [3.63, 3.8) is 0 Å². The molecule has 0 fully saturated rings. The van der Waals surface area contributed by atoms with Crippen LogP contribution in [0.25, 0.3) is 0 Å². The van der Waals surface area contributed by atoms with Crippen LogP contribution in [0.4, 0.5) is 8.78 Å². The van der Waals surface area contributed by atoms with Gasteiger partial charge in [0, 0.05) is 6.07 Å². The maximum Gasteiger partial charge on any atom is 0.279 e. The van der Waals surface area contributed by atoms with Gasteiger partial charge in [-0.2, -0.15) is 5.26 Å². The second kappa shape index (κ2) is 4.19. The molecule has 1 heterocycles. The number of carbonyl (C=O) groups is 1. The van der Waals surface area contributed by atoms with Gasteiger partial charge in [0.05, 0.1) is 11.1 Å². The Labute approximate surface area is 87.1 Å². The average Bonchev–Trinajstić information content (AvgIpc) is 2.16. The molecule has 78 valence electrons. The van der Waals surface area contributed by atoms with Crippen molar-refractivity contribution in [2.45, 2.75) is 6.43 Å². The molecule has 0 radical (unpaired) electrons. The molecule has 7 heteroatoms. The summed E-state index contributed by atoms with van der Waals surface area (Å²) >= 11 is 5.05. The van der Waals surface area contributed by atoms with Crippen LogP contribution in [-0.4, -0.2) is 10.2 Å². The highest BCUT2D eigenvalue weighted by Gasteiger charge is 2.20. The van der Waals surface area contributed by atoms with Crippen molar-refractivity contribution in [2.75, 3.05) is 0 Å². The minimum atomic E-state index is -3.05. The molecule has 0 amide bonds. The van der Waals surface area contributed by atoms with Gasteiger partial charge in [0.2, 0.25) is 5.56 Å². The molecule has 1 N–H and O–H groups in total. The number of pyridine rings is 1. The van der Waals surface area contributed by atoms with E-state index >= 15 is 0 Å². The zero-order chi connectivity index (χ0) is 11.6. The van der Waals surface area contributed by atoms with Crippen LogP contribution in [0.5, 0.6) is 0 Å². The van der Waals surface area contributed by atoms with Crippen LogP contribution in [0.1, 0.15) is 28.0 Å². The van der Waals surface area contributed by atoms with E-state index in [2.05, 4.69) is 0 Å². The van der Waals surface area contributed by atoms with Crippen molar-refractivity contribution in [1.82, 2.24) is 4.98 Å². The highest BCUT2D eigenvalue weighted by atomic mass is 35.5. The molecular weight excluding hydrogens is 230 g/mol. The Morgan fingerprint density at radius 3 is 2.60 bits per heavy atom. The molecule has 0 bridgehead atoms. The van der Waals surface area contributed by atoms with Crippen LogP contribution in [-0.2, 0) is 0 Å². The maximum absolute atomic E-state index is 12.4. The van der Waals surface area contributed by atoms with Gasteiger partial charge in [-0.1, -0.05) is 0 Å². The fourth-order valence-corrected chi connectivity index (χ4v) is 1.17. The third kappa shape index (κ3) is 2.19. The normalized spacial score (nSPS) is 10.1. The molecule has 4 nitrogen and oxygen atoms in total. The number of aromatic nitrogens is 1. The van der Waals surface area contributed by atoms with Crippen molar-refractivity contribution in [3.8, 4) is 6.07 Å². The van der Waals surface area contributed by atoms with E-state index in [1.54, 1.807) is 4.98 Å². The largest absolute Gasteiger partial charge is 0.320 e. The molecule has 1 aromatic heterocycles. The zero-order valence-electron chi connectivity index (χ0n) is 7.05. The van der Waals surface area contributed by atoms with Crippen LogP contribution in [0.15, 0.2) is 10.9 Å². The molecular formula is C8H3ClF2N2O2. The van der Waals surface area contributed by atoms with Gasteiger partial charge in [0.15, 0.2) is 0 Å². The number of rotatable bonds is 2. The number of aromatic amines is 1. The van der Waals surface area contributed by atoms with Gasteiger partial charge >= 0.3 is 0 Å². The first-order chi connectivity index (χ1) is 6.97. The lowest BCUT2D eigenvalue weighted by molar-refractivity contribution is 0.108. The van der Waals surface area contributed by atoms with Crippen molar-refractivity contribution in [3.05, 3.63) is 33.2 Å². The number of nitrogens with one attached hydrogen (secondary N) is 1. The number of carbonyl (C=O) groups excluding carboxylic acids is 1. The number of nitriles is 1. The van der Waals surface area contributed by atoms with E-state index in [-0.39, 0.29) is 0 Å². The summed E-state index contributed by atoms with van der Waals surface area (Å²) in [5, 5.41) is 7.45. The van der Waals surface area contributed by atoms with Crippen molar-refractivity contribution < 1.29 is 13.6 Å². The molecule has 1 aromatic rings. The second-order valence-electron chi connectivity index (χ2n) is 2.52. The molecule has 0 spiro atoms. The number of hydrogen-bond acceptors (Lipinski definition) is 3. The van der Waals surface area contributed by atoms with E-state index in [4.69, 9.17) is 16.9 Å². The van der Waals surface area contributed by atoms with E-state index in [1.807, 2.05) is 0 Å². The first kappa shape index (κ1) is 11.3. The molecule has 0 aromatic carbocycles. The van der Waals surface area contributed by atoms with Crippen molar-refractivity contribution >= 4 is 16.8 Å². The van der Waals surface area contributed by atoms with E-state index in [9.17, 15) is 18.4 Å². The number of hydrogen-bond donors (Lipinski definition) is 1. The maximum atomic E-state index is 12.4. The Hall–Kier alpha value is -1.74. The summed E-state index contributed by atoms with van der Waals surface area (Å²) in [6.07, 6.45) is -3.05. The standard InChI is InChI=1S/C8H3ClF2N2O2/c9-7(15)3-1-5(14)13-6(8(10)11)4(3)2-12/h1,8H,(H,13,14). The van der Waals surface area contributed by atoms with E-state index < -0.39 is 34.0 Å². The lowest BCUT2D eigenvalue weighted by Gasteiger charge is -2.04. The van der Waals surface area contributed by atoms with Gasteiger partial charge in [-0.3, -0.25) is 9.59 Å². The summed E-state index contributed by atoms with van der Waals surface area (Å²) in [5.41, 5.74) is -2.93. The summed E-state index contributed by atoms with van der Waals surface area (Å²) in [6, 6.07) is 2.11. The van der Waals surface area contributed by atoms with Crippen LogP contribution in [0, 0.1) is 11.3 Å². The Balaban J connectivity index is 3.62. The first-order valence-corrected chi connectivity index (χ1v) is 4.00. The second-order valence-corrected chi connectivity index (χ2v) is 2.87. The molecule has 0 unspecified atom stereocenters. The van der Waals surface area contributed by atoms with Gasteiger partial charge in [-0.05, 0) is 11.6 Å². The molecule has 0 atom stereocenters. The van der Waals surface area contributed by atoms with Crippen molar-refractivity contribution in [2.24, 2.45) is 0 Å². The molecule has 0 aliphatic heterocycles. The first-order valence-electron chi connectivity index (χ1n) is 3.62. The zero-order valence-corrected chi connectivity index (χ0v) is 7.81. The van der Waals surface area contributed by atoms with Gasteiger partial charge in [0.25, 0.3) is 11.7 Å². The summed E-state index contributed by atoms with van der Waals surface area (Å²) in [5.74, 6) is 0. The molecule has 0 aliphatic carbocycles. The minimum Gasteiger partial charge on any atom is -0.320 e. The fraction of sp³-hybridized carbons (Fsp3) is 0.125. The lowest BCUT2D eigenvalue weighted by atomic mass is 10.1. The number of H-pyrrole nitrogens is 1. The van der Waals surface area contributed by atoms with E-state index in [0.717, 1.165) is 0 Å². The molecule has 0 aliphatic rings. The fourth-order valence-electron chi connectivity index (χ4n) is 1.02. The Kier molecular flexibility index (Phi) is 3.17. The van der Waals surface area contributed by atoms with Gasteiger partial charge in [0.1, 0.15) is 11.8 Å². The molecule has 0 saturated heterocycles. The summed E-state index contributed by atoms with van der Waals surface area (Å²) < 4.78 is 24.7. The third-order valence-corrected chi connectivity index (χ3v) is 1.82. The quantitative estimate of drug-likeness (QED) is 0.787. The SMILES string of the molecule is N#Cc1c(C(=O)Cl)cc(=O)[nH]c1C(F)F. The van der Waals surface area contributed by atoms with Crippen LogP contribution < -0.4 is 5.56 Å². The topological polar surface area (TPSA) is 73.7 Å². The monoisotopic (exact) mass is 232 g/mol. The average molecular weight is 233 g/mol. The Morgan fingerprint density at radius 2 is 2.20 bits per heavy atom. The van der Waals surface area contributed by atoms with Gasteiger partial charge in [-0.15, -0.1) is 0 Å². The van der Waals surface area contributed by atoms with Crippen LogP contribution in [0.2, 0.25) is 0 Å². The minimum absolute atomic E-state index is 0.516. The van der Waals surface area contributed by atoms with Crippen molar-refractivity contribution in [1.29, 1.82) is 5.26 Å². The smallest absolute Gasteiger partial charge is 0.279 e. The van der Waals surface area contributed by atoms with E-state index in [1.165, 1.54) is 6.07 Å².